The summed E-state index contributed by atoms with van der Waals surface area (Å²) < 4.78 is 5.62. The Morgan fingerprint density at radius 2 is 1.59 bits per heavy atom. The summed E-state index contributed by atoms with van der Waals surface area (Å²) in [6.45, 7) is 12.5. The smallest absolute Gasteiger partial charge is 0.142 e. The van der Waals surface area contributed by atoms with Gasteiger partial charge < -0.3 is 25.3 Å². The molecule has 0 saturated carbocycles. The number of piperazine rings is 2. The number of methoxy groups -OCH3 is 1. The Morgan fingerprint density at radius 1 is 0.862 bits per heavy atom. The van der Waals surface area contributed by atoms with Crippen LogP contribution in [-0.2, 0) is 0 Å². The van der Waals surface area contributed by atoms with E-state index >= 15 is 0 Å². The monoisotopic (exact) mass is 395 g/mol. The molecule has 2 aromatic carbocycles. The number of aryl methyl sites for hydroxylation is 1. The lowest BCUT2D eigenvalue weighted by Crippen LogP contribution is -2.49. The predicted octanol–water partition coefficient (Wildman–Crippen LogP) is 2.87. The van der Waals surface area contributed by atoms with Crippen LogP contribution in [0.4, 0.5) is 17.1 Å². The molecule has 6 nitrogen and oxygen atoms in total. The predicted molar refractivity (Wildman–Crippen MR) is 121 cm³/mol. The van der Waals surface area contributed by atoms with Crippen LogP contribution in [0.25, 0.3) is 0 Å². The van der Waals surface area contributed by atoms with Crippen LogP contribution in [0.3, 0.4) is 0 Å². The van der Waals surface area contributed by atoms with E-state index in [1.54, 1.807) is 7.11 Å². The van der Waals surface area contributed by atoms with Gasteiger partial charge in [0.2, 0.25) is 0 Å². The van der Waals surface area contributed by atoms with E-state index in [0.29, 0.717) is 0 Å². The molecular formula is C23H33N5O. The van der Waals surface area contributed by atoms with Gasteiger partial charge in [-0.25, -0.2) is 5.01 Å². The molecule has 2 fully saturated rings. The maximum absolute atomic E-state index is 5.62. The summed E-state index contributed by atoms with van der Waals surface area (Å²) in [6.07, 6.45) is 0. The number of nitrogens with zero attached hydrogens (tertiary/aromatic N) is 3. The molecule has 0 aromatic heterocycles. The van der Waals surface area contributed by atoms with Crippen LogP contribution in [0.1, 0.15) is 11.1 Å². The highest BCUT2D eigenvalue weighted by atomic mass is 16.5. The number of anilines is 3. The number of hydrazine groups is 1. The quantitative estimate of drug-likeness (QED) is 0.812. The number of rotatable bonds is 5. The van der Waals surface area contributed by atoms with Crippen LogP contribution < -0.4 is 25.3 Å². The molecule has 2 aromatic rings. The zero-order chi connectivity index (χ0) is 20.2. The van der Waals surface area contributed by atoms with Gasteiger partial charge in [0.05, 0.1) is 18.5 Å². The molecule has 0 aliphatic carbocycles. The van der Waals surface area contributed by atoms with Gasteiger partial charge in [-0.2, -0.15) is 0 Å². The lowest BCUT2D eigenvalue weighted by Gasteiger charge is -2.37. The van der Waals surface area contributed by atoms with Crippen molar-refractivity contribution in [2.24, 2.45) is 0 Å². The molecule has 6 heteroatoms. The SMILES string of the molecule is COc1ccc(NN2CCN(c3cccc(C)c3C)CC2)cc1N1CCNCC1. The first kappa shape index (κ1) is 19.9. The normalized spacial score (nSPS) is 18.0. The van der Waals surface area contributed by atoms with Gasteiger partial charge >= 0.3 is 0 Å². The molecule has 156 valence electrons. The number of nitrogens with one attached hydrogen (secondary N) is 2. The first-order valence-electron chi connectivity index (χ1n) is 10.6. The van der Waals surface area contributed by atoms with Crippen LogP contribution in [-0.4, -0.2) is 64.5 Å². The first-order valence-corrected chi connectivity index (χ1v) is 10.6. The fourth-order valence-corrected chi connectivity index (χ4v) is 4.23. The minimum atomic E-state index is 0.942. The molecule has 0 amide bonds. The van der Waals surface area contributed by atoms with Crippen molar-refractivity contribution in [2.75, 3.05) is 74.7 Å². The topological polar surface area (TPSA) is 43.0 Å². The molecule has 0 radical (unpaired) electrons. The first-order chi connectivity index (χ1) is 14.2. The summed E-state index contributed by atoms with van der Waals surface area (Å²) in [7, 11) is 1.75. The van der Waals surface area contributed by atoms with Gasteiger partial charge in [-0.05, 0) is 49.2 Å². The minimum Gasteiger partial charge on any atom is -0.495 e. The van der Waals surface area contributed by atoms with E-state index in [0.717, 1.165) is 63.8 Å². The standard InChI is InChI=1S/C23H33N5O/c1-18-5-4-6-21(19(18)2)27-13-15-28(16-14-27)25-20-7-8-23(29-3)22(17-20)26-11-9-24-10-12-26/h4-8,17,24-25H,9-16H2,1-3H3. The van der Waals surface area contributed by atoms with Crippen LogP contribution >= 0.6 is 0 Å². The lowest BCUT2D eigenvalue weighted by atomic mass is 10.1. The Hall–Kier alpha value is -2.44. The molecule has 0 bridgehead atoms. The highest BCUT2D eigenvalue weighted by Gasteiger charge is 2.20. The van der Waals surface area contributed by atoms with Crippen molar-refractivity contribution < 1.29 is 4.74 Å². The average molecular weight is 396 g/mol. The Bertz CT molecular complexity index is 826. The maximum atomic E-state index is 5.62. The lowest BCUT2D eigenvalue weighted by molar-refractivity contribution is 0.308. The van der Waals surface area contributed by atoms with Crippen molar-refractivity contribution >= 4 is 17.1 Å². The molecule has 29 heavy (non-hydrogen) atoms. The van der Waals surface area contributed by atoms with Gasteiger partial charge in [-0.3, -0.25) is 0 Å². The molecule has 2 aliphatic heterocycles. The average Bonchev–Trinajstić information content (AvgIpc) is 2.77. The van der Waals surface area contributed by atoms with Crippen molar-refractivity contribution in [3.05, 3.63) is 47.5 Å². The molecule has 0 spiro atoms. The summed E-state index contributed by atoms with van der Waals surface area (Å²) >= 11 is 0. The van der Waals surface area contributed by atoms with Crippen molar-refractivity contribution in [1.82, 2.24) is 10.3 Å². The van der Waals surface area contributed by atoms with E-state index in [4.69, 9.17) is 4.74 Å². The summed E-state index contributed by atoms with van der Waals surface area (Å²) in [5.41, 5.74) is 10.0. The zero-order valence-corrected chi connectivity index (χ0v) is 17.9. The van der Waals surface area contributed by atoms with Crippen molar-refractivity contribution in [1.29, 1.82) is 0 Å². The summed E-state index contributed by atoms with van der Waals surface area (Å²) in [5, 5.41) is 5.74. The number of hydrogen-bond donors (Lipinski definition) is 2. The Labute approximate surface area is 174 Å². The fraction of sp³-hybridized carbons (Fsp3) is 0.478. The molecule has 2 aliphatic rings. The van der Waals surface area contributed by atoms with Crippen LogP contribution in [0.15, 0.2) is 36.4 Å². The Balaban J connectivity index is 1.41. The molecule has 4 rings (SSSR count). The van der Waals surface area contributed by atoms with Gasteiger partial charge in [0.25, 0.3) is 0 Å². The van der Waals surface area contributed by atoms with E-state index in [1.807, 2.05) is 0 Å². The van der Waals surface area contributed by atoms with E-state index in [1.165, 1.54) is 22.5 Å². The maximum Gasteiger partial charge on any atom is 0.142 e. The number of ether oxygens (including phenoxy) is 1. The second-order valence-corrected chi connectivity index (χ2v) is 7.93. The van der Waals surface area contributed by atoms with Gasteiger partial charge in [-0.1, -0.05) is 12.1 Å². The zero-order valence-electron chi connectivity index (χ0n) is 17.9. The molecule has 2 saturated heterocycles. The third kappa shape index (κ3) is 4.43. The van der Waals surface area contributed by atoms with Gasteiger partial charge in [0.15, 0.2) is 0 Å². The van der Waals surface area contributed by atoms with Gasteiger partial charge in [0, 0.05) is 58.0 Å². The molecular weight excluding hydrogens is 362 g/mol. The van der Waals surface area contributed by atoms with Crippen molar-refractivity contribution in [2.45, 2.75) is 13.8 Å². The summed E-state index contributed by atoms with van der Waals surface area (Å²) in [5.74, 6) is 0.942. The summed E-state index contributed by atoms with van der Waals surface area (Å²) in [4.78, 5) is 4.90. The number of benzene rings is 2. The van der Waals surface area contributed by atoms with E-state index in [9.17, 15) is 0 Å². The van der Waals surface area contributed by atoms with Crippen LogP contribution in [0.2, 0.25) is 0 Å². The second-order valence-electron chi connectivity index (χ2n) is 7.93. The van der Waals surface area contributed by atoms with E-state index in [2.05, 4.69) is 75.8 Å². The van der Waals surface area contributed by atoms with E-state index < -0.39 is 0 Å². The molecule has 0 atom stereocenters. The van der Waals surface area contributed by atoms with Crippen molar-refractivity contribution in [3.8, 4) is 5.75 Å². The number of hydrogen-bond acceptors (Lipinski definition) is 6. The largest absolute Gasteiger partial charge is 0.495 e. The van der Waals surface area contributed by atoms with Crippen LogP contribution in [0.5, 0.6) is 5.75 Å². The third-order valence-corrected chi connectivity index (χ3v) is 6.12. The molecule has 2 N–H and O–H groups in total. The molecule has 0 unspecified atom stereocenters. The van der Waals surface area contributed by atoms with E-state index in [-0.39, 0.29) is 0 Å². The summed E-state index contributed by atoms with van der Waals surface area (Å²) in [6, 6.07) is 13.0. The highest BCUT2D eigenvalue weighted by molar-refractivity contribution is 5.66. The van der Waals surface area contributed by atoms with Gasteiger partial charge in [0.1, 0.15) is 5.75 Å². The van der Waals surface area contributed by atoms with Crippen molar-refractivity contribution in [3.63, 3.8) is 0 Å². The third-order valence-electron chi connectivity index (χ3n) is 6.12. The minimum absolute atomic E-state index is 0.942. The van der Waals surface area contributed by atoms with Gasteiger partial charge in [-0.15, -0.1) is 0 Å². The second kappa shape index (κ2) is 8.93. The van der Waals surface area contributed by atoms with Crippen LogP contribution in [0, 0.1) is 13.8 Å². The Morgan fingerprint density at radius 3 is 2.31 bits per heavy atom. The fourth-order valence-electron chi connectivity index (χ4n) is 4.23. The Kier molecular flexibility index (Phi) is 6.11. The highest BCUT2D eigenvalue weighted by Crippen LogP contribution is 2.32. The molecule has 2 heterocycles.